The first-order valence-electron chi connectivity index (χ1n) is 11.8. The van der Waals surface area contributed by atoms with Gasteiger partial charge in [-0.25, -0.2) is 0 Å². The highest BCUT2D eigenvalue weighted by Gasteiger charge is 2.30. The smallest absolute Gasteiger partial charge is 0.243 e. The van der Waals surface area contributed by atoms with Gasteiger partial charge in [-0.3, -0.25) is 9.59 Å². The van der Waals surface area contributed by atoms with Crippen LogP contribution in [0.3, 0.4) is 0 Å². The van der Waals surface area contributed by atoms with Crippen LogP contribution in [-0.2, 0) is 28.3 Å². The normalized spacial score (nSPS) is 11.7. The maximum atomic E-state index is 13.5. The number of nitrogens with one attached hydrogen (secondary N) is 1. The molecule has 0 fully saturated rings. The first kappa shape index (κ1) is 25.6. The SMILES string of the molecule is CC(C)NC(=O)C(Cc1ccccc1)N(Cc1ccccc1)C(=O)CCSCc1ccccc1. The average Bonchev–Trinajstić information content (AvgIpc) is 2.85. The Labute approximate surface area is 207 Å². The van der Waals surface area contributed by atoms with E-state index in [4.69, 9.17) is 0 Å². The molecule has 0 aliphatic rings. The van der Waals surface area contributed by atoms with Gasteiger partial charge in [-0.2, -0.15) is 11.8 Å². The van der Waals surface area contributed by atoms with Gasteiger partial charge in [-0.05, 0) is 30.5 Å². The molecule has 0 aromatic heterocycles. The van der Waals surface area contributed by atoms with Gasteiger partial charge in [-0.1, -0.05) is 91.0 Å². The van der Waals surface area contributed by atoms with Gasteiger partial charge in [0.1, 0.15) is 6.04 Å². The largest absolute Gasteiger partial charge is 0.352 e. The van der Waals surface area contributed by atoms with Crippen LogP contribution in [0.2, 0.25) is 0 Å². The third kappa shape index (κ3) is 8.38. The Bertz CT molecular complexity index is 1010. The fourth-order valence-corrected chi connectivity index (χ4v) is 4.67. The van der Waals surface area contributed by atoms with Gasteiger partial charge in [0.15, 0.2) is 0 Å². The first-order valence-corrected chi connectivity index (χ1v) is 13.0. The summed E-state index contributed by atoms with van der Waals surface area (Å²) in [5.74, 6) is 1.47. The molecule has 0 saturated carbocycles. The van der Waals surface area contributed by atoms with Crippen LogP contribution in [0.4, 0.5) is 0 Å². The zero-order chi connectivity index (χ0) is 24.2. The summed E-state index contributed by atoms with van der Waals surface area (Å²) in [6.45, 7) is 4.30. The highest BCUT2D eigenvalue weighted by molar-refractivity contribution is 7.98. The summed E-state index contributed by atoms with van der Waals surface area (Å²) in [6, 6.07) is 29.5. The predicted octanol–water partition coefficient (Wildman–Crippen LogP) is 5.47. The lowest BCUT2D eigenvalue weighted by Gasteiger charge is -2.32. The van der Waals surface area contributed by atoms with E-state index in [-0.39, 0.29) is 17.9 Å². The second-order valence-electron chi connectivity index (χ2n) is 8.66. The van der Waals surface area contributed by atoms with E-state index in [1.807, 2.05) is 92.7 Å². The van der Waals surface area contributed by atoms with Gasteiger partial charge >= 0.3 is 0 Å². The van der Waals surface area contributed by atoms with E-state index in [1.54, 1.807) is 16.7 Å². The molecule has 0 saturated heterocycles. The van der Waals surface area contributed by atoms with Crippen LogP contribution in [0.5, 0.6) is 0 Å². The van der Waals surface area contributed by atoms with Crippen molar-refractivity contribution in [2.75, 3.05) is 5.75 Å². The summed E-state index contributed by atoms with van der Waals surface area (Å²) < 4.78 is 0. The van der Waals surface area contributed by atoms with Crippen molar-refractivity contribution in [2.45, 2.75) is 51.1 Å². The Morgan fingerprint density at radius 2 is 1.32 bits per heavy atom. The van der Waals surface area contributed by atoms with Crippen molar-refractivity contribution in [3.8, 4) is 0 Å². The van der Waals surface area contributed by atoms with Gasteiger partial charge < -0.3 is 10.2 Å². The third-order valence-electron chi connectivity index (χ3n) is 5.47. The maximum Gasteiger partial charge on any atom is 0.243 e. The molecule has 0 aliphatic heterocycles. The molecule has 3 aromatic rings. The van der Waals surface area contributed by atoms with Crippen LogP contribution >= 0.6 is 11.8 Å². The number of thioether (sulfide) groups is 1. The van der Waals surface area contributed by atoms with Crippen molar-refractivity contribution in [1.82, 2.24) is 10.2 Å². The van der Waals surface area contributed by atoms with Crippen LogP contribution in [0.25, 0.3) is 0 Å². The highest BCUT2D eigenvalue weighted by Crippen LogP contribution is 2.18. The fourth-order valence-electron chi connectivity index (χ4n) is 3.78. The molecule has 0 heterocycles. The Morgan fingerprint density at radius 3 is 1.88 bits per heavy atom. The van der Waals surface area contributed by atoms with Crippen molar-refractivity contribution >= 4 is 23.6 Å². The quantitative estimate of drug-likeness (QED) is 0.354. The van der Waals surface area contributed by atoms with Crippen molar-refractivity contribution in [2.24, 2.45) is 0 Å². The molecule has 1 unspecified atom stereocenters. The summed E-state index contributed by atoms with van der Waals surface area (Å²) in [5, 5.41) is 3.03. The number of hydrogen-bond donors (Lipinski definition) is 1. The fraction of sp³-hybridized carbons (Fsp3) is 0.310. The van der Waals surface area contributed by atoms with Crippen molar-refractivity contribution in [3.05, 3.63) is 108 Å². The molecule has 0 radical (unpaired) electrons. The maximum absolute atomic E-state index is 13.5. The molecule has 1 atom stereocenters. The Balaban J connectivity index is 1.76. The van der Waals surface area contributed by atoms with E-state index in [2.05, 4.69) is 17.4 Å². The molecular weight excluding hydrogens is 440 g/mol. The standard InChI is InChI=1S/C29H34N2O2S/c1-23(2)30-29(33)27(20-24-12-6-3-7-13-24)31(21-25-14-8-4-9-15-25)28(32)18-19-34-22-26-16-10-5-11-17-26/h3-17,23,27H,18-22H2,1-2H3,(H,30,33). The average molecular weight is 475 g/mol. The highest BCUT2D eigenvalue weighted by atomic mass is 32.2. The van der Waals surface area contributed by atoms with E-state index in [1.165, 1.54) is 5.56 Å². The van der Waals surface area contributed by atoms with E-state index in [0.29, 0.717) is 25.1 Å². The molecule has 34 heavy (non-hydrogen) atoms. The van der Waals surface area contributed by atoms with Gasteiger partial charge in [0.05, 0.1) is 0 Å². The zero-order valence-corrected chi connectivity index (χ0v) is 20.8. The number of carbonyl (C=O) groups is 2. The second-order valence-corrected chi connectivity index (χ2v) is 9.77. The van der Waals surface area contributed by atoms with Gasteiger partial charge in [-0.15, -0.1) is 0 Å². The molecule has 1 N–H and O–H groups in total. The van der Waals surface area contributed by atoms with Crippen molar-refractivity contribution < 1.29 is 9.59 Å². The summed E-state index contributed by atoms with van der Waals surface area (Å²) in [5.41, 5.74) is 3.30. The number of nitrogens with zero attached hydrogens (tertiary/aromatic N) is 1. The van der Waals surface area contributed by atoms with Crippen molar-refractivity contribution in [1.29, 1.82) is 0 Å². The minimum Gasteiger partial charge on any atom is -0.352 e. The predicted molar refractivity (Wildman–Crippen MR) is 141 cm³/mol. The molecule has 3 rings (SSSR count). The lowest BCUT2D eigenvalue weighted by atomic mass is 10.0. The number of rotatable bonds is 12. The minimum atomic E-state index is -0.573. The van der Waals surface area contributed by atoms with E-state index >= 15 is 0 Å². The zero-order valence-electron chi connectivity index (χ0n) is 20.0. The van der Waals surface area contributed by atoms with E-state index in [9.17, 15) is 9.59 Å². The molecule has 3 aromatic carbocycles. The molecular formula is C29H34N2O2S. The molecule has 4 nitrogen and oxygen atoms in total. The topological polar surface area (TPSA) is 49.4 Å². The van der Waals surface area contributed by atoms with Crippen molar-refractivity contribution in [3.63, 3.8) is 0 Å². The molecule has 5 heteroatoms. The van der Waals surface area contributed by atoms with Crippen LogP contribution in [0.1, 0.15) is 37.0 Å². The number of amides is 2. The summed E-state index contributed by atoms with van der Waals surface area (Å²) in [7, 11) is 0. The Hall–Kier alpha value is -3.05. The lowest BCUT2D eigenvalue weighted by molar-refractivity contribution is -0.141. The number of carbonyl (C=O) groups excluding carboxylic acids is 2. The molecule has 0 spiro atoms. The van der Waals surface area contributed by atoms with Crippen LogP contribution < -0.4 is 5.32 Å². The van der Waals surface area contributed by atoms with E-state index < -0.39 is 6.04 Å². The summed E-state index contributed by atoms with van der Waals surface area (Å²) in [4.78, 5) is 28.6. The van der Waals surface area contributed by atoms with E-state index in [0.717, 1.165) is 16.9 Å². The Kier molecular flexibility index (Phi) is 10.2. The second kappa shape index (κ2) is 13.6. The third-order valence-corrected chi connectivity index (χ3v) is 6.50. The number of benzene rings is 3. The van der Waals surface area contributed by atoms with Gasteiger partial charge in [0.25, 0.3) is 0 Å². The van der Waals surface area contributed by atoms with Gasteiger partial charge in [0.2, 0.25) is 11.8 Å². The molecule has 2 amide bonds. The van der Waals surface area contributed by atoms with Crippen LogP contribution in [0.15, 0.2) is 91.0 Å². The van der Waals surface area contributed by atoms with Crippen LogP contribution in [-0.4, -0.2) is 34.6 Å². The first-order chi connectivity index (χ1) is 16.5. The minimum absolute atomic E-state index is 0.000814. The summed E-state index contributed by atoms with van der Waals surface area (Å²) >= 11 is 1.75. The lowest BCUT2D eigenvalue weighted by Crippen LogP contribution is -2.51. The monoisotopic (exact) mass is 474 g/mol. The summed E-state index contributed by atoms with van der Waals surface area (Å²) in [6.07, 6.45) is 0.875. The van der Waals surface area contributed by atoms with Gasteiger partial charge in [0, 0.05) is 36.9 Å². The molecule has 178 valence electrons. The molecule has 0 bridgehead atoms. The van der Waals surface area contributed by atoms with Crippen LogP contribution in [0, 0.1) is 0 Å². The molecule has 0 aliphatic carbocycles. The Morgan fingerprint density at radius 1 is 0.794 bits per heavy atom. The number of hydrogen-bond acceptors (Lipinski definition) is 3.